The molecule has 0 saturated heterocycles. The van der Waals surface area contributed by atoms with Crippen LogP contribution in [0.2, 0.25) is 0 Å². The van der Waals surface area contributed by atoms with E-state index >= 15 is 0 Å². The topological polar surface area (TPSA) is 37.3 Å². The summed E-state index contributed by atoms with van der Waals surface area (Å²) in [5, 5.41) is 8.85. The molecule has 17 heavy (non-hydrogen) atoms. The predicted molar refractivity (Wildman–Crippen MR) is 63.8 cm³/mol. The van der Waals surface area contributed by atoms with Crippen molar-refractivity contribution >= 4 is 5.97 Å². The van der Waals surface area contributed by atoms with Crippen molar-refractivity contribution in [1.29, 1.82) is 0 Å². The van der Waals surface area contributed by atoms with Crippen molar-refractivity contribution < 1.29 is 14.3 Å². The quantitative estimate of drug-likeness (QED) is 0.814. The van der Waals surface area contributed by atoms with Gasteiger partial charge in [0.2, 0.25) is 0 Å². The van der Waals surface area contributed by atoms with Crippen molar-refractivity contribution in [2.45, 2.75) is 32.6 Å². The van der Waals surface area contributed by atoms with E-state index < -0.39 is 11.8 Å². The number of allylic oxidation sites excluding steroid dienone is 2. The van der Waals surface area contributed by atoms with E-state index in [0.717, 1.165) is 30.4 Å². The van der Waals surface area contributed by atoms with Gasteiger partial charge in [-0.15, -0.1) is 0 Å². The van der Waals surface area contributed by atoms with E-state index in [1.807, 2.05) is 0 Å². The summed E-state index contributed by atoms with van der Waals surface area (Å²) in [6.07, 6.45) is 5.71. The van der Waals surface area contributed by atoms with Gasteiger partial charge in [-0.05, 0) is 42.5 Å². The Bertz CT molecular complexity index is 489. The van der Waals surface area contributed by atoms with E-state index in [1.165, 1.54) is 17.7 Å². The number of hydrogen-bond acceptors (Lipinski definition) is 1. The van der Waals surface area contributed by atoms with Gasteiger partial charge >= 0.3 is 5.97 Å². The molecule has 0 aromatic heterocycles. The highest BCUT2D eigenvalue weighted by Crippen LogP contribution is 2.26. The van der Waals surface area contributed by atoms with Crippen LogP contribution in [0, 0.1) is 5.82 Å². The monoisotopic (exact) mass is 234 g/mol. The number of rotatable bonds is 3. The lowest BCUT2D eigenvalue weighted by Crippen LogP contribution is -2.08. The number of aromatic carboxylic acids is 1. The highest BCUT2D eigenvalue weighted by Gasteiger charge is 2.17. The van der Waals surface area contributed by atoms with Crippen LogP contribution in [0.1, 0.15) is 41.3 Å². The first-order valence-electron chi connectivity index (χ1n) is 5.84. The van der Waals surface area contributed by atoms with E-state index in [4.69, 9.17) is 5.11 Å². The Balaban J connectivity index is 2.33. The van der Waals surface area contributed by atoms with Crippen molar-refractivity contribution in [2.24, 2.45) is 0 Å². The Hall–Kier alpha value is -1.64. The molecule has 1 aliphatic carbocycles. The van der Waals surface area contributed by atoms with Crippen LogP contribution >= 0.6 is 0 Å². The third-order valence-electron chi connectivity index (χ3n) is 3.12. The summed E-state index contributed by atoms with van der Waals surface area (Å²) in [7, 11) is 0. The normalized spacial score (nSPS) is 14.1. The first-order valence-corrected chi connectivity index (χ1v) is 5.84. The van der Waals surface area contributed by atoms with Crippen molar-refractivity contribution in [3.63, 3.8) is 0 Å². The fourth-order valence-electron chi connectivity index (χ4n) is 2.26. The lowest BCUT2D eigenvalue weighted by Gasteiger charge is -2.17. The molecule has 0 unspecified atom stereocenters. The largest absolute Gasteiger partial charge is 0.478 e. The molecule has 0 atom stereocenters. The third kappa shape index (κ3) is 2.38. The molecule has 1 aromatic carbocycles. The molecule has 0 spiro atoms. The lowest BCUT2D eigenvalue weighted by atomic mass is 9.88. The maximum Gasteiger partial charge on any atom is 0.338 e. The first-order chi connectivity index (χ1) is 8.11. The van der Waals surface area contributed by atoms with Gasteiger partial charge in [-0.1, -0.05) is 25.0 Å². The van der Waals surface area contributed by atoms with Crippen LogP contribution in [0.25, 0.3) is 0 Å². The molecule has 0 fully saturated rings. The predicted octanol–water partition coefficient (Wildman–Crippen LogP) is 3.35. The molecule has 2 nitrogen and oxygen atoms in total. The molecule has 0 heterocycles. The summed E-state index contributed by atoms with van der Waals surface area (Å²) in [4.78, 5) is 10.8. The Labute approximate surface area is 99.8 Å². The average Bonchev–Trinajstić information content (AvgIpc) is 2.28. The Morgan fingerprint density at radius 2 is 2.18 bits per heavy atom. The fourth-order valence-corrected chi connectivity index (χ4v) is 2.26. The van der Waals surface area contributed by atoms with Gasteiger partial charge < -0.3 is 5.11 Å². The van der Waals surface area contributed by atoms with Crippen LogP contribution in [-0.4, -0.2) is 11.1 Å². The second kappa shape index (κ2) is 4.70. The fraction of sp³-hybridized carbons (Fsp3) is 0.357. The van der Waals surface area contributed by atoms with Crippen LogP contribution in [0.5, 0.6) is 0 Å². The number of carboxylic acids is 1. The van der Waals surface area contributed by atoms with Gasteiger partial charge in [-0.3, -0.25) is 0 Å². The summed E-state index contributed by atoms with van der Waals surface area (Å²) in [5.41, 5.74) is 2.96. The lowest BCUT2D eigenvalue weighted by molar-refractivity contribution is 0.0691. The van der Waals surface area contributed by atoms with Crippen LogP contribution in [0.4, 0.5) is 4.39 Å². The smallest absolute Gasteiger partial charge is 0.338 e. The highest BCUT2D eigenvalue weighted by atomic mass is 19.1. The minimum Gasteiger partial charge on any atom is -0.478 e. The first kappa shape index (κ1) is 11.8. The number of carbonyl (C=O) groups is 1. The van der Waals surface area contributed by atoms with Gasteiger partial charge in [0.1, 0.15) is 5.82 Å². The molecule has 1 aliphatic rings. The van der Waals surface area contributed by atoms with Gasteiger partial charge in [-0.25, -0.2) is 9.18 Å². The van der Waals surface area contributed by atoms with E-state index in [1.54, 1.807) is 0 Å². The summed E-state index contributed by atoms with van der Waals surface area (Å²) < 4.78 is 13.5. The Morgan fingerprint density at radius 3 is 2.82 bits per heavy atom. The van der Waals surface area contributed by atoms with E-state index in [2.05, 4.69) is 13.0 Å². The number of benzene rings is 1. The molecule has 0 aliphatic heterocycles. The van der Waals surface area contributed by atoms with Gasteiger partial charge in [0, 0.05) is 0 Å². The zero-order chi connectivity index (χ0) is 12.4. The molecule has 0 amide bonds. The summed E-state index contributed by atoms with van der Waals surface area (Å²) in [6.45, 7) is 2.12. The maximum atomic E-state index is 13.5. The highest BCUT2D eigenvalue weighted by molar-refractivity contribution is 5.88. The number of hydrogen-bond donors (Lipinski definition) is 1. The van der Waals surface area contributed by atoms with Crippen molar-refractivity contribution in [3.05, 3.63) is 46.3 Å². The minimum atomic E-state index is -1.20. The van der Waals surface area contributed by atoms with Crippen LogP contribution in [-0.2, 0) is 12.8 Å². The number of fused-ring (bicyclic) bond motifs is 1. The molecule has 0 bridgehead atoms. The average molecular weight is 234 g/mol. The standard InChI is InChI=1S/C14H15FO2/c1-2-3-9-4-5-10-7-12(14(16)17)13(15)8-11(10)6-9/h4,7-8H,2-3,5-6H2,1H3,(H,16,17). The van der Waals surface area contributed by atoms with Crippen molar-refractivity contribution in [1.82, 2.24) is 0 Å². The molecule has 3 heteroatoms. The molecule has 0 radical (unpaired) electrons. The zero-order valence-corrected chi connectivity index (χ0v) is 9.79. The molecule has 2 rings (SSSR count). The van der Waals surface area contributed by atoms with Gasteiger partial charge in [-0.2, -0.15) is 0 Å². The van der Waals surface area contributed by atoms with E-state index in [0.29, 0.717) is 6.42 Å². The summed E-state index contributed by atoms with van der Waals surface area (Å²) in [6, 6.07) is 2.84. The van der Waals surface area contributed by atoms with Crippen molar-refractivity contribution in [2.75, 3.05) is 0 Å². The molecular weight excluding hydrogens is 219 g/mol. The zero-order valence-electron chi connectivity index (χ0n) is 9.79. The second-order valence-corrected chi connectivity index (χ2v) is 4.40. The SMILES string of the molecule is CCCC1=CCc2cc(C(=O)O)c(F)cc2C1. The molecule has 1 aromatic rings. The van der Waals surface area contributed by atoms with Crippen molar-refractivity contribution in [3.8, 4) is 0 Å². The Morgan fingerprint density at radius 1 is 1.41 bits per heavy atom. The van der Waals surface area contributed by atoms with Crippen LogP contribution < -0.4 is 0 Å². The second-order valence-electron chi connectivity index (χ2n) is 4.40. The number of halogens is 1. The van der Waals surface area contributed by atoms with Crippen LogP contribution in [0.3, 0.4) is 0 Å². The van der Waals surface area contributed by atoms with Gasteiger partial charge in [0.15, 0.2) is 0 Å². The third-order valence-corrected chi connectivity index (χ3v) is 3.12. The van der Waals surface area contributed by atoms with Crippen LogP contribution in [0.15, 0.2) is 23.8 Å². The summed E-state index contributed by atoms with van der Waals surface area (Å²) >= 11 is 0. The molecular formula is C14H15FO2. The van der Waals surface area contributed by atoms with Gasteiger partial charge in [0.05, 0.1) is 5.56 Å². The van der Waals surface area contributed by atoms with E-state index in [-0.39, 0.29) is 5.56 Å². The molecule has 0 saturated carbocycles. The van der Waals surface area contributed by atoms with E-state index in [9.17, 15) is 9.18 Å². The number of carboxylic acid groups (broad SMARTS) is 1. The molecule has 90 valence electrons. The summed E-state index contributed by atoms with van der Waals surface area (Å²) in [5.74, 6) is -1.83. The minimum absolute atomic E-state index is 0.226. The molecule has 1 N–H and O–H groups in total. The Kier molecular flexibility index (Phi) is 3.27. The van der Waals surface area contributed by atoms with Gasteiger partial charge in [0.25, 0.3) is 0 Å². The maximum absolute atomic E-state index is 13.5.